The number of amides is 1. The number of nitrogens with zero attached hydrogens (tertiary/aromatic N) is 2. The summed E-state index contributed by atoms with van der Waals surface area (Å²) in [6.07, 6.45) is 1.96. The summed E-state index contributed by atoms with van der Waals surface area (Å²) >= 11 is 7.43. The highest BCUT2D eigenvalue weighted by molar-refractivity contribution is 8.18. The number of amidine groups is 1. The minimum absolute atomic E-state index is 0.177. The summed E-state index contributed by atoms with van der Waals surface area (Å²) in [5.41, 5.74) is 5.06. The maximum Gasteiger partial charge on any atom is 0.264 e. The van der Waals surface area contributed by atoms with Crippen molar-refractivity contribution in [1.29, 1.82) is 0 Å². The van der Waals surface area contributed by atoms with E-state index in [0.29, 0.717) is 26.5 Å². The van der Waals surface area contributed by atoms with Crippen molar-refractivity contribution in [3.8, 4) is 5.75 Å². The molecule has 1 aliphatic heterocycles. The largest absolute Gasteiger partial charge is 0.494 e. The van der Waals surface area contributed by atoms with Gasteiger partial charge in [0.1, 0.15) is 11.4 Å². The Hall–Kier alpha value is -3.48. The molecule has 34 heavy (non-hydrogen) atoms. The fraction of sp³-hybridized carbons (Fsp3) is 0.111. The quantitative estimate of drug-likeness (QED) is 0.325. The number of carbonyl (C=O) groups is 1. The standard InChI is InChI=1S/C27H22ClN3O2S/c1-17-21(20-10-6-7-11-23(20)31(17)16-18-8-4-3-5-9-18)15-25-26(32)30-27(34-25)29-22-14-19(28)12-13-24(22)33-2/h3-15H,16H2,1-2H3,(H,29,30,32)/b25-15-. The summed E-state index contributed by atoms with van der Waals surface area (Å²) in [5, 5.41) is 5.00. The van der Waals surface area contributed by atoms with E-state index in [1.54, 1.807) is 25.3 Å². The van der Waals surface area contributed by atoms with Crippen LogP contribution in [0.15, 0.2) is 82.7 Å². The van der Waals surface area contributed by atoms with Gasteiger partial charge in [-0.1, -0.05) is 60.1 Å². The van der Waals surface area contributed by atoms with Gasteiger partial charge in [-0.05, 0) is 54.6 Å². The predicted molar refractivity (Wildman–Crippen MR) is 141 cm³/mol. The monoisotopic (exact) mass is 487 g/mol. The molecule has 0 atom stereocenters. The topological polar surface area (TPSA) is 55.6 Å². The van der Waals surface area contributed by atoms with Gasteiger partial charge in [0.05, 0.1) is 12.0 Å². The molecule has 5 rings (SSSR count). The minimum atomic E-state index is -0.177. The van der Waals surface area contributed by atoms with Crippen LogP contribution in [0.4, 0.5) is 5.69 Å². The first kappa shape index (κ1) is 22.3. The number of aromatic nitrogens is 1. The van der Waals surface area contributed by atoms with Gasteiger partial charge >= 0.3 is 0 Å². The smallest absolute Gasteiger partial charge is 0.264 e. The summed E-state index contributed by atoms with van der Waals surface area (Å²) in [5.74, 6) is 0.410. The van der Waals surface area contributed by atoms with E-state index in [4.69, 9.17) is 16.3 Å². The third-order valence-electron chi connectivity index (χ3n) is 5.75. The SMILES string of the molecule is COc1ccc(Cl)cc1N=C1NC(=O)/C(=C/c2c(C)n(Cc3ccccc3)c3ccccc23)S1. The van der Waals surface area contributed by atoms with Gasteiger partial charge in [-0.2, -0.15) is 0 Å². The highest BCUT2D eigenvalue weighted by Gasteiger charge is 2.25. The Balaban J connectivity index is 1.52. The molecule has 0 aliphatic carbocycles. The second-order valence-electron chi connectivity index (χ2n) is 7.89. The molecule has 4 aromatic rings. The summed E-state index contributed by atoms with van der Waals surface area (Å²) in [6, 6.07) is 23.9. The first-order valence-corrected chi connectivity index (χ1v) is 12.0. The van der Waals surface area contributed by atoms with E-state index < -0.39 is 0 Å². The summed E-state index contributed by atoms with van der Waals surface area (Å²) < 4.78 is 7.66. The number of hydrogen-bond donors (Lipinski definition) is 1. The molecule has 1 saturated heterocycles. The Morgan fingerprint density at radius 3 is 2.65 bits per heavy atom. The van der Waals surface area contributed by atoms with Crippen LogP contribution in [-0.4, -0.2) is 22.8 Å². The van der Waals surface area contributed by atoms with E-state index >= 15 is 0 Å². The van der Waals surface area contributed by atoms with Crippen molar-refractivity contribution >= 4 is 57.1 Å². The van der Waals surface area contributed by atoms with Crippen LogP contribution in [0.1, 0.15) is 16.8 Å². The van der Waals surface area contributed by atoms with E-state index in [9.17, 15) is 4.79 Å². The molecule has 1 aliphatic rings. The van der Waals surface area contributed by atoms with Crippen LogP contribution >= 0.6 is 23.4 Å². The van der Waals surface area contributed by atoms with Gasteiger partial charge in [0, 0.05) is 33.7 Å². The average Bonchev–Trinajstić information content (AvgIpc) is 3.32. The van der Waals surface area contributed by atoms with Crippen LogP contribution in [0.25, 0.3) is 17.0 Å². The molecule has 1 aromatic heterocycles. The van der Waals surface area contributed by atoms with Crippen molar-refractivity contribution in [2.45, 2.75) is 13.5 Å². The lowest BCUT2D eigenvalue weighted by Gasteiger charge is -2.08. The molecule has 0 spiro atoms. The molecule has 0 unspecified atom stereocenters. The van der Waals surface area contributed by atoms with E-state index in [1.807, 2.05) is 24.3 Å². The molecule has 5 nitrogen and oxygen atoms in total. The Bertz CT molecular complexity index is 1460. The van der Waals surface area contributed by atoms with Crippen molar-refractivity contribution in [1.82, 2.24) is 9.88 Å². The molecule has 0 bridgehead atoms. The van der Waals surface area contributed by atoms with Crippen LogP contribution in [0.2, 0.25) is 5.02 Å². The normalized spacial score (nSPS) is 15.9. The van der Waals surface area contributed by atoms with Crippen LogP contribution in [0, 0.1) is 6.92 Å². The average molecular weight is 488 g/mol. The molecule has 2 heterocycles. The van der Waals surface area contributed by atoms with Crippen molar-refractivity contribution < 1.29 is 9.53 Å². The maximum atomic E-state index is 12.8. The Kier molecular flexibility index (Phi) is 6.18. The number of methoxy groups -OCH3 is 1. The molecule has 1 N–H and O–H groups in total. The number of aliphatic imine (C=N–C) groups is 1. The number of fused-ring (bicyclic) bond motifs is 1. The van der Waals surface area contributed by atoms with Gasteiger partial charge in [-0.3, -0.25) is 4.79 Å². The molecule has 1 amide bonds. The highest BCUT2D eigenvalue weighted by atomic mass is 35.5. The number of halogens is 1. The number of para-hydroxylation sites is 1. The van der Waals surface area contributed by atoms with E-state index in [1.165, 1.54) is 17.3 Å². The Morgan fingerprint density at radius 1 is 1.09 bits per heavy atom. The number of thioether (sulfide) groups is 1. The number of carbonyl (C=O) groups excluding carboxylic acids is 1. The summed E-state index contributed by atoms with van der Waals surface area (Å²) in [7, 11) is 1.58. The van der Waals surface area contributed by atoms with Crippen LogP contribution in [-0.2, 0) is 11.3 Å². The molecule has 0 saturated carbocycles. The molecular formula is C27H22ClN3O2S. The highest BCUT2D eigenvalue weighted by Crippen LogP contribution is 2.36. The fourth-order valence-electron chi connectivity index (χ4n) is 4.08. The fourth-order valence-corrected chi connectivity index (χ4v) is 5.06. The number of ether oxygens (including phenoxy) is 1. The van der Waals surface area contributed by atoms with Crippen molar-refractivity contribution in [3.05, 3.63) is 99.5 Å². The molecule has 0 radical (unpaired) electrons. The minimum Gasteiger partial charge on any atom is -0.494 e. The summed E-state index contributed by atoms with van der Waals surface area (Å²) in [4.78, 5) is 18.0. The third-order valence-corrected chi connectivity index (χ3v) is 6.90. The van der Waals surface area contributed by atoms with Crippen molar-refractivity contribution in [3.63, 3.8) is 0 Å². The van der Waals surface area contributed by atoms with E-state index in [2.05, 4.69) is 58.2 Å². The molecule has 3 aromatic carbocycles. The molecular weight excluding hydrogens is 466 g/mol. The lowest BCUT2D eigenvalue weighted by atomic mass is 10.1. The lowest BCUT2D eigenvalue weighted by Crippen LogP contribution is -2.19. The zero-order valence-corrected chi connectivity index (χ0v) is 20.3. The zero-order valence-electron chi connectivity index (χ0n) is 18.7. The Morgan fingerprint density at radius 2 is 1.85 bits per heavy atom. The second-order valence-corrected chi connectivity index (χ2v) is 9.35. The third kappa shape index (κ3) is 4.34. The van der Waals surface area contributed by atoms with E-state index in [0.717, 1.165) is 28.7 Å². The maximum absolute atomic E-state index is 12.8. The van der Waals surface area contributed by atoms with E-state index in [-0.39, 0.29) is 5.91 Å². The van der Waals surface area contributed by atoms with Gasteiger partial charge in [0.25, 0.3) is 5.91 Å². The van der Waals surface area contributed by atoms with Crippen LogP contribution in [0.3, 0.4) is 0 Å². The molecule has 7 heteroatoms. The zero-order chi connectivity index (χ0) is 23.7. The Labute approximate surface area is 207 Å². The second kappa shape index (κ2) is 9.41. The van der Waals surface area contributed by atoms with Crippen molar-refractivity contribution in [2.75, 3.05) is 7.11 Å². The number of hydrogen-bond acceptors (Lipinski definition) is 4. The van der Waals surface area contributed by atoms with Gasteiger partial charge in [-0.15, -0.1) is 0 Å². The number of rotatable bonds is 5. The first-order valence-electron chi connectivity index (χ1n) is 10.8. The number of benzene rings is 3. The van der Waals surface area contributed by atoms with Gasteiger partial charge in [0.2, 0.25) is 0 Å². The van der Waals surface area contributed by atoms with Crippen molar-refractivity contribution in [2.24, 2.45) is 4.99 Å². The molecule has 1 fully saturated rings. The first-order chi connectivity index (χ1) is 16.5. The number of nitrogens with one attached hydrogen (secondary N) is 1. The lowest BCUT2D eigenvalue weighted by molar-refractivity contribution is -0.115. The predicted octanol–water partition coefficient (Wildman–Crippen LogP) is 6.55. The van der Waals surface area contributed by atoms with Gasteiger partial charge < -0.3 is 14.6 Å². The van der Waals surface area contributed by atoms with Gasteiger partial charge in [0.15, 0.2) is 5.17 Å². The van der Waals surface area contributed by atoms with Crippen LogP contribution in [0.5, 0.6) is 5.75 Å². The molecule has 170 valence electrons. The summed E-state index contributed by atoms with van der Waals surface area (Å²) in [6.45, 7) is 2.86. The van der Waals surface area contributed by atoms with Crippen LogP contribution < -0.4 is 10.1 Å². The van der Waals surface area contributed by atoms with Gasteiger partial charge in [-0.25, -0.2) is 4.99 Å².